The molecule has 0 saturated carbocycles. The lowest BCUT2D eigenvalue weighted by Crippen LogP contribution is -2.37. The highest BCUT2D eigenvalue weighted by molar-refractivity contribution is 4.94. The Kier molecular flexibility index (Phi) is 3.28. The summed E-state index contributed by atoms with van der Waals surface area (Å²) in [5.41, 5.74) is -2.30. The van der Waals surface area contributed by atoms with Crippen molar-refractivity contribution in [2.45, 2.75) is 24.6 Å². The molecule has 1 aliphatic heterocycles. The van der Waals surface area contributed by atoms with E-state index in [4.69, 9.17) is 9.84 Å². The summed E-state index contributed by atoms with van der Waals surface area (Å²) in [6.07, 6.45) is -5.99. The first-order valence-electron chi connectivity index (χ1n) is 5.05. The Labute approximate surface area is 98.3 Å². The molecule has 0 radical (unpaired) electrons. The summed E-state index contributed by atoms with van der Waals surface area (Å²) in [6, 6.07) is 0. The van der Waals surface area contributed by atoms with Crippen LogP contribution in [0.15, 0.2) is 15.8 Å². The van der Waals surface area contributed by atoms with Gasteiger partial charge in [-0.2, -0.15) is 4.39 Å². The van der Waals surface area contributed by atoms with Crippen LogP contribution in [0.5, 0.6) is 0 Å². The number of aromatic amines is 1. The molecule has 3 N–H and O–H groups in total. The standard InChI is InChI=1S/C9H10F2N2O5/c10-3-1-13(9(17)12-7(3)16)8-5(11)6(15)4(2-14)18-8/h1,4-6,8,14-15H,2H2,(H,12,16,17)/t4-,5+,6+,8-/m1/s1. The van der Waals surface area contributed by atoms with Gasteiger partial charge in [0.05, 0.1) is 12.8 Å². The van der Waals surface area contributed by atoms with Gasteiger partial charge >= 0.3 is 5.69 Å². The highest BCUT2D eigenvalue weighted by Gasteiger charge is 2.45. The zero-order chi connectivity index (χ0) is 13.4. The van der Waals surface area contributed by atoms with Gasteiger partial charge in [0.1, 0.15) is 12.2 Å². The molecule has 4 atom stereocenters. The molecule has 0 aromatic carbocycles. The van der Waals surface area contributed by atoms with Crippen LogP contribution < -0.4 is 11.2 Å². The molecule has 1 aromatic heterocycles. The van der Waals surface area contributed by atoms with Gasteiger partial charge in [0.25, 0.3) is 5.56 Å². The first-order valence-corrected chi connectivity index (χ1v) is 5.05. The quantitative estimate of drug-likeness (QED) is 0.588. The Morgan fingerprint density at radius 2 is 2.17 bits per heavy atom. The van der Waals surface area contributed by atoms with Crippen LogP contribution in [0, 0.1) is 5.82 Å². The van der Waals surface area contributed by atoms with Gasteiger partial charge in [0, 0.05) is 0 Å². The monoisotopic (exact) mass is 264 g/mol. The van der Waals surface area contributed by atoms with Gasteiger partial charge in [-0.25, -0.2) is 9.18 Å². The molecule has 9 heteroatoms. The molecule has 0 spiro atoms. The molecule has 100 valence electrons. The Bertz CT molecular complexity index is 557. The number of aliphatic hydroxyl groups excluding tert-OH is 2. The summed E-state index contributed by atoms with van der Waals surface area (Å²) in [5.74, 6) is -1.28. The van der Waals surface area contributed by atoms with Crippen LogP contribution in [-0.2, 0) is 4.74 Å². The topological polar surface area (TPSA) is 105 Å². The molecule has 0 amide bonds. The number of rotatable bonds is 2. The second kappa shape index (κ2) is 4.59. The molecule has 1 aromatic rings. The summed E-state index contributed by atoms with van der Waals surface area (Å²) < 4.78 is 32.1. The van der Waals surface area contributed by atoms with E-state index in [1.165, 1.54) is 0 Å². The maximum absolute atomic E-state index is 13.7. The van der Waals surface area contributed by atoms with E-state index in [1.54, 1.807) is 4.98 Å². The highest BCUT2D eigenvalue weighted by Crippen LogP contribution is 2.30. The van der Waals surface area contributed by atoms with Gasteiger partial charge in [0.15, 0.2) is 12.4 Å². The fraction of sp³-hybridized carbons (Fsp3) is 0.556. The van der Waals surface area contributed by atoms with Crippen molar-refractivity contribution in [2.24, 2.45) is 0 Å². The van der Waals surface area contributed by atoms with Crippen LogP contribution in [0.25, 0.3) is 0 Å². The molecule has 0 aliphatic carbocycles. The first-order chi connectivity index (χ1) is 8.45. The number of halogens is 2. The van der Waals surface area contributed by atoms with Crippen molar-refractivity contribution in [1.82, 2.24) is 9.55 Å². The maximum atomic E-state index is 13.7. The third kappa shape index (κ3) is 1.96. The van der Waals surface area contributed by atoms with Gasteiger partial charge in [-0.1, -0.05) is 0 Å². The fourth-order valence-electron chi connectivity index (χ4n) is 1.73. The Morgan fingerprint density at radius 1 is 1.50 bits per heavy atom. The van der Waals surface area contributed by atoms with E-state index in [0.29, 0.717) is 10.8 Å². The largest absolute Gasteiger partial charge is 0.394 e. The molecule has 0 unspecified atom stereocenters. The number of nitrogens with zero attached hydrogens (tertiary/aromatic N) is 1. The predicted molar refractivity (Wildman–Crippen MR) is 53.2 cm³/mol. The van der Waals surface area contributed by atoms with Gasteiger partial charge in [0.2, 0.25) is 5.82 Å². The molecular weight excluding hydrogens is 254 g/mol. The third-order valence-corrected chi connectivity index (χ3v) is 2.67. The van der Waals surface area contributed by atoms with Gasteiger partial charge < -0.3 is 14.9 Å². The summed E-state index contributed by atoms with van der Waals surface area (Å²) in [6.45, 7) is -0.654. The third-order valence-electron chi connectivity index (χ3n) is 2.67. The smallest absolute Gasteiger partial charge is 0.330 e. The lowest BCUT2D eigenvalue weighted by atomic mass is 10.1. The molecule has 18 heavy (non-hydrogen) atoms. The van der Waals surface area contributed by atoms with Crippen molar-refractivity contribution in [2.75, 3.05) is 6.61 Å². The average molecular weight is 264 g/mol. The number of nitrogens with one attached hydrogen (secondary N) is 1. The minimum Gasteiger partial charge on any atom is -0.394 e. The summed E-state index contributed by atoms with van der Waals surface area (Å²) in [4.78, 5) is 23.8. The molecule has 1 fully saturated rings. The van der Waals surface area contributed by atoms with Crippen molar-refractivity contribution in [3.8, 4) is 0 Å². The second-order valence-corrected chi connectivity index (χ2v) is 3.83. The molecule has 7 nitrogen and oxygen atoms in total. The minimum atomic E-state index is -2.02. The summed E-state index contributed by atoms with van der Waals surface area (Å²) in [7, 11) is 0. The molecular formula is C9H10F2N2O5. The molecule has 1 aliphatic rings. The zero-order valence-electron chi connectivity index (χ0n) is 8.92. The number of H-pyrrole nitrogens is 1. The van der Waals surface area contributed by atoms with Crippen LogP contribution in [0.2, 0.25) is 0 Å². The number of hydrogen-bond acceptors (Lipinski definition) is 5. The molecule has 1 saturated heterocycles. The molecule has 2 heterocycles. The van der Waals surface area contributed by atoms with Crippen molar-refractivity contribution in [1.29, 1.82) is 0 Å². The van der Waals surface area contributed by atoms with Crippen molar-refractivity contribution < 1.29 is 23.7 Å². The van der Waals surface area contributed by atoms with Gasteiger partial charge in [-0.05, 0) is 0 Å². The number of hydrogen-bond donors (Lipinski definition) is 3. The summed E-state index contributed by atoms with van der Waals surface area (Å²) >= 11 is 0. The van der Waals surface area contributed by atoms with Gasteiger partial charge in [-0.3, -0.25) is 14.3 Å². The zero-order valence-corrected chi connectivity index (χ0v) is 8.92. The van der Waals surface area contributed by atoms with Crippen molar-refractivity contribution in [3.63, 3.8) is 0 Å². The normalized spacial score (nSPS) is 31.8. The van der Waals surface area contributed by atoms with Crippen LogP contribution in [0.3, 0.4) is 0 Å². The minimum absolute atomic E-state index is 0.486. The van der Waals surface area contributed by atoms with Crippen molar-refractivity contribution in [3.05, 3.63) is 32.9 Å². The lowest BCUT2D eigenvalue weighted by Gasteiger charge is -2.15. The number of aliphatic hydroxyl groups is 2. The van der Waals surface area contributed by atoms with Crippen LogP contribution in [0.4, 0.5) is 8.78 Å². The van der Waals surface area contributed by atoms with E-state index in [-0.39, 0.29) is 0 Å². The van der Waals surface area contributed by atoms with Crippen LogP contribution in [0.1, 0.15) is 6.23 Å². The lowest BCUT2D eigenvalue weighted by molar-refractivity contribution is -0.0495. The first kappa shape index (κ1) is 12.9. The van der Waals surface area contributed by atoms with Crippen LogP contribution >= 0.6 is 0 Å². The maximum Gasteiger partial charge on any atom is 0.330 e. The second-order valence-electron chi connectivity index (χ2n) is 3.83. The van der Waals surface area contributed by atoms with E-state index >= 15 is 0 Å². The van der Waals surface area contributed by atoms with Crippen molar-refractivity contribution >= 4 is 0 Å². The Morgan fingerprint density at radius 3 is 2.72 bits per heavy atom. The average Bonchev–Trinajstić information content (AvgIpc) is 2.61. The summed E-state index contributed by atoms with van der Waals surface area (Å²) in [5, 5.41) is 18.2. The van der Waals surface area contributed by atoms with E-state index in [9.17, 15) is 23.5 Å². The van der Waals surface area contributed by atoms with Crippen LogP contribution in [-0.4, -0.2) is 44.8 Å². The highest BCUT2D eigenvalue weighted by atomic mass is 19.1. The number of ether oxygens (including phenoxy) is 1. The number of aromatic nitrogens is 2. The van der Waals surface area contributed by atoms with Gasteiger partial charge in [-0.15, -0.1) is 0 Å². The fourth-order valence-corrected chi connectivity index (χ4v) is 1.73. The number of alkyl halides is 1. The Hall–Kier alpha value is -1.58. The SMILES string of the molecule is O=c1[nH]c(=O)n([C@@H]2O[C@H](CO)[C@H](O)[C@@H]2F)cc1F. The predicted octanol–water partition coefficient (Wildman–Crippen LogP) is -1.74. The molecule has 0 bridgehead atoms. The van der Waals surface area contributed by atoms with E-state index < -0.39 is 48.3 Å². The Balaban J connectivity index is 2.42. The van der Waals surface area contributed by atoms with E-state index in [2.05, 4.69) is 0 Å². The molecule has 2 rings (SSSR count). The van der Waals surface area contributed by atoms with E-state index in [0.717, 1.165) is 0 Å². The van der Waals surface area contributed by atoms with E-state index in [1.807, 2.05) is 0 Å².